The number of nitrogens with zero attached hydrogens (tertiary/aromatic N) is 5. The van der Waals surface area contributed by atoms with Crippen molar-refractivity contribution in [3.63, 3.8) is 0 Å². The molecule has 3 aliphatic heterocycles. The summed E-state index contributed by atoms with van der Waals surface area (Å²) < 4.78 is 7.61. The highest BCUT2D eigenvalue weighted by molar-refractivity contribution is 6.08. The van der Waals surface area contributed by atoms with Crippen LogP contribution >= 0.6 is 0 Å². The van der Waals surface area contributed by atoms with Crippen LogP contribution in [-0.4, -0.2) is 99.9 Å². The normalized spacial score (nSPS) is 17.9. The molecular weight excluding hydrogens is 731 g/mol. The highest BCUT2D eigenvalue weighted by Gasteiger charge is 2.38. The van der Waals surface area contributed by atoms with E-state index in [0.29, 0.717) is 72.8 Å². The van der Waals surface area contributed by atoms with E-state index in [1.165, 1.54) is 10.5 Å². The first-order chi connectivity index (χ1) is 28.0. The van der Waals surface area contributed by atoms with Crippen molar-refractivity contribution in [3.8, 4) is 29.4 Å². The van der Waals surface area contributed by atoms with Crippen molar-refractivity contribution < 1.29 is 29.3 Å². The largest absolute Gasteiger partial charge is 0.508 e. The molecule has 3 aliphatic rings. The van der Waals surface area contributed by atoms with Gasteiger partial charge in [0, 0.05) is 86.6 Å². The fourth-order valence-corrected chi connectivity index (χ4v) is 8.76. The van der Waals surface area contributed by atoms with Crippen LogP contribution in [0.2, 0.25) is 0 Å². The Morgan fingerprint density at radius 1 is 0.879 bits per heavy atom. The first-order valence-corrected chi connectivity index (χ1v) is 19.7. The summed E-state index contributed by atoms with van der Waals surface area (Å²) in [4.78, 5) is 49.9. The number of hydrogen-bond acceptors (Lipinski definition) is 6. The SMILES string of the molecule is C#Cc1ccc(C2c3cc(C(=O)N4Cc5ccccc5C[C@H]4CN4CCOCC4)c(-c4cc(C(=O)N(C)c5ccc(O)cc5)c(C)n4C)cc3CCN2C(=O)O)cc1. The van der Waals surface area contributed by atoms with Crippen molar-refractivity contribution in [2.24, 2.45) is 7.05 Å². The smallest absolute Gasteiger partial charge is 0.408 e. The van der Waals surface area contributed by atoms with Gasteiger partial charge in [0.1, 0.15) is 5.75 Å². The van der Waals surface area contributed by atoms with E-state index in [1.807, 2.05) is 78.0 Å². The molecule has 2 N–H and O–H groups in total. The predicted molar refractivity (Wildman–Crippen MR) is 222 cm³/mol. The quantitative estimate of drug-likeness (QED) is 0.182. The molecule has 0 spiro atoms. The van der Waals surface area contributed by atoms with E-state index in [9.17, 15) is 19.8 Å². The first-order valence-electron chi connectivity index (χ1n) is 19.7. The number of aromatic nitrogens is 1. The average Bonchev–Trinajstić information content (AvgIpc) is 3.54. The molecule has 2 atom stereocenters. The molecule has 1 unspecified atom stereocenters. The minimum Gasteiger partial charge on any atom is -0.508 e. The first kappa shape index (κ1) is 38.5. The molecule has 11 heteroatoms. The van der Waals surface area contributed by atoms with Gasteiger partial charge in [0.05, 0.1) is 24.8 Å². The number of benzene rings is 4. The fraction of sp³-hybridized carbons (Fsp3) is 0.298. The van der Waals surface area contributed by atoms with Crippen molar-refractivity contribution in [1.82, 2.24) is 19.3 Å². The molecule has 0 bridgehead atoms. The molecule has 0 radical (unpaired) electrons. The summed E-state index contributed by atoms with van der Waals surface area (Å²) in [6, 6.07) is 27.1. The maximum atomic E-state index is 15.6. The van der Waals surface area contributed by atoms with E-state index >= 15 is 4.79 Å². The summed E-state index contributed by atoms with van der Waals surface area (Å²) in [6.07, 6.45) is 5.77. The molecular formula is C47H47N5O6. The van der Waals surface area contributed by atoms with E-state index in [-0.39, 0.29) is 30.2 Å². The molecule has 296 valence electrons. The van der Waals surface area contributed by atoms with Crippen LogP contribution in [0, 0.1) is 19.3 Å². The van der Waals surface area contributed by atoms with Crippen LogP contribution in [0.5, 0.6) is 5.75 Å². The van der Waals surface area contributed by atoms with Gasteiger partial charge in [-0.2, -0.15) is 0 Å². The summed E-state index contributed by atoms with van der Waals surface area (Å²) in [5.41, 5.74) is 9.07. The van der Waals surface area contributed by atoms with Crippen LogP contribution in [-0.2, 0) is 31.2 Å². The van der Waals surface area contributed by atoms with Crippen molar-refractivity contribution in [1.29, 1.82) is 0 Å². The molecule has 11 nitrogen and oxygen atoms in total. The van der Waals surface area contributed by atoms with Gasteiger partial charge in [-0.3, -0.25) is 19.4 Å². The zero-order valence-corrected chi connectivity index (χ0v) is 33.0. The zero-order valence-electron chi connectivity index (χ0n) is 33.0. The number of hydrogen-bond donors (Lipinski definition) is 2. The Morgan fingerprint density at radius 2 is 1.59 bits per heavy atom. The molecule has 58 heavy (non-hydrogen) atoms. The molecule has 4 heterocycles. The zero-order chi connectivity index (χ0) is 40.7. The second kappa shape index (κ2) is 15.9. The maximum Gasteiger partial charge on any atom is 0.408 e. The van der Waals surface area contributed by atoms with Gasteiger partial charge in [0.25, 0.3) is 11.8 Å². The monoisotopic (exact) mass is 777 g/mol. The van der Waals surface area contributed by atoms with Gasteiger partial charge in [-0.05, 0) is 102 Å². The molecule has 8 rings (SSSR count). The lowest BCUT2D eigenvalue weighted by atomic mass is 9.84. The number of carbonyl (C=O) groups excluding carboxylic acids is 2. The van der Waals surface area contributed by atoms with E-state index < -0.39 is 12.1 Å². The molecule has 1 aromatic heterocycles. The topological polar surface area (TPSA) is 119 Å². The van der Waals surface area contributed by atoms with Crippen molar-refractivity contribution >= 4 is 23.6 Å². The molecule has 1 fully saturated rings. The number of aromatic hydroxyl groups is 1. The van der Waals surface area contributed by atoms with Crippen molar-refractivity contribution in [2.45, 2.75) is 38.4 Å². The van der Waals surface area contributed by atoms with Gasteiger partial charge in [-0.1, -0.05) is 42.3 Å². The number of carbonyl (C=O) groups is 3. The Labute approximate surface area is 338 Å². The average molecular weight is 778 g/mol. The standard InChI is InChI=1S/C47H47N5O6/c1-5-31-10-12-32(13-11-31)44-40-26-42(46(55)52-28-35-9-7-6-8-33(35)24-37(52)29-50-20-22-58-23-21-50)41(25-34(40)18-19-51(44)47(56)57)43-27-39(30(2)48(43)3)45(54)49(4)36-14-16-38(53)17-15-36/h1,6-17,25-27,37,44,53H,18-24,28-29H2,2-4H3,(H,56,57)/t37-,44?/m0/s1. The number of terminal acetylenes is 1. The predicted octanol–water partition coefficient (Wildman–Crippen LogP) is 6.49. The lowest BCUT2D eigenvalue weighted by Gasteiger charge is -2.41. The number of anilines is 1. The van der Waals surface area contributed by atoms with Crippen LogP contribution < -0.4 is 4.90 Å². The highest BCUT2D eigenvalue weighted by atomic mass is 16.5. The van der Waals surface area contributed by atoms with E-state index in [4.69, 9.17) is 11.2 Å². The van der Waals surface area contributed by atoms with Crippen molar-refractivity contribution in [3.05, 3.63) is 141 Å². The Morgan fingerprint density at radius 3 is 2.28 bits per heavy atom. The second-order valence-corrected chi connectivity index (χ2v) is 15.4. The molecule has 0 saturated carbocycles. The lowest BCUT2D eigenvalue weighted by molar-refractivity contribution is 0.0193. The third-order valence-corrected chi connectivity index (χ3v) is 12.1. The maximum absolute atomic E-state index is 15.6. The van der Waals surface area contributed by atoms with E-state index in [2.05, 4.69) is 23.0 Å². The second-order valence-electron chi connectivity index (χ2n) is 15.4. The Balaban J connectivity index is 1.28. The minimum atomic E-state index is -1.05. The van der Waals surface area contributed by atoms with Gasteiger partial charge in [-0.25, -0.2) is 4.79 Å². The number of amides is 3. The van der Waals surface area contributed by atoms with Crippen LogP contribution in [0.1, 0.15) is 65.8 Å². The summed E-state index contributed by atoms with van der Waals surface area (Å²) in [7, 11) is 3.60. The number of carboxylic acid groups (broad SMARTS) is 1. The molecule has 0 aliphatic carbocycles. The van der Waals surface area contributed by atoms with Crippen molar-refractivity contribution in [2.75, 3.05) is 51.3 Å². The van der Waals surface area contributed by atoms with Crippen LogP contribution in [0.3, 0.4) is 0 Å². The third-order valence-electron chi connectivity index (χ3n) is 12.1. The van der Waals surface area contributed by atoms with Gasteiger partial charge in [-0.15, -0.1) is 6.42 Å². The highest BCUT2D eigenvalue weighted by Crippen LogP contribution is 2.41. The summed E-state index contributed by atoms with van der Waals surface area (Å²) >= 11 is 0. The van der Waals surface area contributed by atoms with Gasteiger partial charge in [0.2, 0.25) is 0 Å². The van der Waals surface area contributed by atoms with Gasteiger partial charge >= 0.3 is 6.09 Å². The van der Waals surface area contributed by atoms with Gasteiger partial charge < -0.3 is 29.3 Å². The van der Waals surface area contributed by atoms with E-state index in [0.717, 1.165) is 41.0 Å². The number of ether oxygens (including phenoxy) is 1. The van der Waals surface area contributed by atoms with Gasteiger partial charge in [0.15, 0.2) is 0 Å². The Hall–Kier alpha value is -6.35. The third kappa shape index (κ3) is 7.21. The molecule has 1 saturated heterocycles. The van der Waals surface area contributed by atoms with Crippen LogP contribution in [0.15, 0.2) is 91.0 Å². The van der Waals surface area contributed by atoms with Crippen LogP contribution in [0.4, 0.5) is 10.5 Å². The Kier molecular flexibility index (Phi) is 10.6. The molecule has 3 amide bonds. The lowest BCUT2D eigenvalue weighted by Crippen LogP contribution is -2.52. The summed E-state index contributed by atoms with van der Waals surface area (Å²) in [5, 5.41) is 20.4. The summed E-state index contributed by atoms with van der Waals surface area (Å²) in [6.45, 7) is 6.12. The number of rotatable bonds is 7. The van der Waals surface area contributed by atoms with E-state index in [1.54, 1.807) is 36.2 Å². The minimum absolute atomic E-state index is 0.107. The summed E-state index contributed by atoms with van der Waals surface area (Å²) in [5.74, 6) is 2.36. The number of phenols is 1. The Bertz CT molecular complexity index is 2430. The fourth-order valence-electron chi connectivity index (χ4n) is 8.76. The number of fused-ring (bicyclic) bond motifs is 2. The van der Waals surface area contributed by atoms with Crippen LogP contribution in [0.25, 0.3) is 11.3 Å². The molecule has 5 aromatic rings. The molecule has 4 aromatic carbocycles. The number of phenolic OH excluding ortho intramolecular Hbond substituents is 1. The number of morpholine rings is 1.